The molecular formula is C24H49N3O. The predicted octanol–water partition coefficient (Wildman–Crippen LogP) is 5.11. The molecule has 4 heteroatoms. The summed E-state index contributed by atoms with van der Waals surface area (Å²) in [7, 11) is 0. The van der Waals surface area contributed by atoms with Crippen LogP contribution in [0.5, 0.6) is 0 Å². The normalized spacial score (nSPS) is 16.5. The number of nitrogens with two attached hydrogens (primary N) is 1. The van der Waals surface area contributed by atoms with Crippen molar-refractivity contribution in [3.63, 3.8) is 0 Å². The van der Waals surface area contributed by atoms with Gasteiger partial charge in [0.1, 0.15) is 0 Å². The molecule has 1 fully saturated rings. The van der Waals surface area contributed by atoms with Crippen LogP contribution < -0.4 is 11.1 Å². The highest BCUT2D eigenvalue weighted by molar-refractivity contribution is 5.76. The van der Waals surface area contributed by atoms with Crippen molar-refractivity contribution in [2.75, 3.05) is 32.7 Å². The second-order valence-corrected chi connectivity index (χ2v) is 9.34. The Bertz CT molecular complexity index is 367. The summed E-state index contributed by atoms with van der Waals surface area (Å²) in [6.07, 6.45) is 18.3. The Morgan fingerprint density at radius 1 is 0.786 bits per heavy atom. The molecule has 166 valence electrons. The van der Waals surface area contributed by atoms with Crippen LogP contribution in [-0.2, 0) is 4.79 Å². The van der Waals surface area contributed by atoms with Crippen LogP contribution in [0.1, 0.15) is 104 Å². The Morgan fingerprint density at radius 2 is 1.25 bits per heavy atom. The van der Waals surface area contributed by atoms with E-state index in [0.717, 1.165) is 57.9 Å². The van der Waals surface area contributed by atoms with Gasteiger partial charge in [0, 0.05) is 32.1 Å². The summed E-state index contributed by atoms with van der Waals surface area (Å²) in [6.45, 7) is 10.0. The Balaban J connectivity index is 1.89. The van der Waals surface area contributed by atoms with Crippen molar-refractivity contribution in [2.45, 2.75) is 104 Å². The highest BCUT2D eigenvalue weighted by Gasteiger charge is 2.17. The number of nitrogens with zero attached hydrogens (tertiary/aromatic N) is 1. The van der Waals surface area contributed by atoms with Crippen LogP contribution in [0, 0.1) is 11.8 Å². The Morgan fingerprint density at radius 3 is 1.71 bits per heavy atom. The highest BCUT2D eigenvalue weighted by Crippen LogP contribution is 2.17. The van der Waals surface area contributed by atoms with Crippen LogP contribution >= 0.6 is 0 Å². The third-order valence-electron chi connectivity index (χ3n) is 6.24. The maximum atomic E-state index is 11.7. The molecule has 0 aliphatic carbocycles. The fourth-order valence-electron chi connectivity index (χ4n) is 4.24. The van der Waals surface area contributed by atoms with Gasteiger partial charge in [-0.2, -0.15) is 0 Å². The lowest BCUT2D eigenvalue weighted by molar-refractivity contribution is -0.122. The molecule has 28 heavy (non-hydrogen) atoms. The molecule has 0 bridgehead atoms. The van der Waals surface area contributed by atoms with E-state index in [1.165, 1.54) is 70.6 Å². The summed E-state index contributed by atoms with van der Waals surface area (Å²) in [5, 5.41) is 3.37. The Hall–Kier alpha value is -0.610. The van der Waals surface area contributed by atoms with Crippen LogP contribution in [0.2, 0.25) is 0 Å². The number of carbonyl (C=O) groups is 1. The molecule has 0 aromatic heterocycles. The van der Waals surface area contributed by atoms with Gasteiger partial charge in [-0.1, -0.05) is 90.9 Å². The molecule has 1 unspecified atom stereocenters. The number of hydrogen-bond donors (Lipinski definition) is 2. The Kier molecular flexibility index (Phi) is 15.7. The highest BCUT2D eigenvalue weighted by atomic mass is 16.1. The number of hydrogen-bond acceptors (Lipinski definition) is 3. The fraction of sp³-hybridized carbons (Fsp3) is 0.958. The maximum Gasteiger partial charge on any atom is 0.220 e. The summed E-state index contributed by atoms with van der Waals surface area (Å²) in [6, 6.07) is 0. The van der Waals surface area contributed by atoms with Gasteiger partial charge in [0.2, 0.25) is 5.91 Å². The topological polar surface area (TPSA) is 58.4 Å². The number of rotatable bonds is 18. The van der Waals surface area contributed by atoms with E-state index in [1.807, 2.05) is 0 Å². The molecule has 1 atom stereocenters. The SMILES string of the molecule is CC(C)CCCCCCCCCCCCCC(CCN1CCNCC1)C(N)=O. The minimum Gasteiger partial charge on any atom is -0.369 e. The first-order chi connectivity index (χ1) is 13.6. The lowest BCUT2D eigenvalue weighted by Gasteiger charge is -2.28. The van der Waals surface area contributed by atoms with Crippen LogP contribution in [0.25, 0.3) is 0 Å². The molecule has 1 amide bonds. The molecule has 4 nitrogen and oxygen atoms in total. The van der Waals surface area contributed by atoms with Crippen LogP contribution in [-0.4, -0.2) is 43.5 Å². The maximum absolute atomic E-state index is 11.7. The molecule has 1 aliphatic heterocycles. The molecule has 1 saturated heterocycles. The standard InChI is InChI=1S/C24H49N3O/c1-22(2)14-12-10-8-6-4-3-5-7-9-11-13-15-23(24(25)28)16-19-27-20-17-26-18-21-27/h22-23,26H,3-21H2,1-2H3,(H2,25,28). The van der Waals surface area contributed by atoms with E-state index >= 15 is 0 Å². The first kappa shape index (κ1) is 25.4. The summed E-state index contributed by atoms with van der Waals surface area (Å²) < 4.78 is 0. The molecule has 0 radical (unpaired) electrons. The number of carbonyl (C=O) groups excluding carboxylic acids is 1. The van der Waals surface area contributed by atoms with Gasteiger partial charge in [0.25, 0.3) is 0 Å². The summed E-state index contributed by atoms with van der Waals surface area (Å²) >= 11 is 0. The molecule has 0 aromatic rings. The molecule has 3 N–H and O–H groups in total. The lowest BCUT2D eigenvalue weighted by atomic mass is 9.96. The number of nitrogens with one attached hydrogen (secondary N) is 1. The van der Waals surface area contributed by atoms with E-state index in [1.54, 1.807) is 0 Å². The number of unbranched alkanes of at least 4 members (excludes halogenated alkanes) is 10. The van der Waals surface area contributed by atoms with E-state index in [4.69, 9.17) is 5.73 Å². The van der Waals surface area contributed by atoms with Crippen LogP contribution in [0.4, 0.5) is 0 Å². The zero-order valence-electron chi connectivity index (χ0n) is 19.0. The molecule has 1 heterocycles. The number of amides is 1. The van der Waals surface area contributed by atoms with Crippen LogP contribution in [0.3, 0.4) is 0 Å². The molecule has 0 aromatic carbocycles. The third kappa shape index (κ3) is 14.4. The van der Waals surface area contributed by atoms with Gasteiger partial charge in [-0.15, -0.1) is 0 Å². The van der Waals surface area contributed by atoms with Crippen molar-refractivity contribution >= 4 is 5.91 Å². The van der Waals surface area contributed by atoms with Crippen molar-refractivity contribution in [1.29, 1.82) is 0 Å². The average Bonchev–Trinajstić information content (AvgIpc) is 2.68. The molecular weight excluding hydrogens is 346 g/mol. The van der Waals surface area contributed by atoms with Gasteiger partial charge >= 0.3 is 0 Å². The third-order valence-corrected chi connectivity index (χ3v) is 6.24. The van der Waals surface area contributed by atoms with Gasteiger partial charge in [0.05, 0.1) is 0 Å². The Labute approximate surface area is 175 Å². The van der Waals surface area contributed by atoms with Crippen LogP contribution in [0.15, 0.2) is 0 Å². The van der Waals surface area contributed by atoms with E-state index in [9.17, 15) is 4.79 Å². The van der Waals surface area contributed by atoms with Crippen molar-refractivity contribution in [1.82, 2.24) is 10.2 Å². The van der Waals surface area contributed by atoms with E-state index in [-0.39, 0.29) is 11.8 Å². The van der Waals surface area contributed by atoms with Gasteiger partial charge in [-0.25, -0.2) is 0 Å². The van der Waals surface area contributed by atoms with E-state index < -0.39 is 0 Å². The van der Waals surface area contributed by atoms with Crippen molar-refractivity contribution in [2.24, 2.45) is 17.6 Å². The summed E-state index contributed by atoms with van der Waals surface area (Å²) in [4.78, 5) is 14.2. The first-order valence-corrected chi connectivity index (χ1v) is 12.3. The average molecular weight is 396 g/mol. The molecule has 0 spiro atoms. The van der Waals surface area contributed by atoms with Gasteiger partial charge in [-0.3, -0.25) is 4.79 Å². The smallest absolute Gasteiger partial charge is 0.220 e. The van der Waals surface area contributed by atoms with Crippen molar-refractivity contribution in [3.8, 4) is 0 Å². The summed E-state index contributed by atoms with van der Waals surface area (Å²) in [5.41, 5.74) is 5.64. The zero-order valence-corrected chi connectivity index (χ0v) is 19.0. The monoisotopic (exact) mass is 395 g/mol. The second-order valence-electron chi connectivity index (χ2n) is 9.34. The summed E-state index contributed by atoms with van der Waals surface area (Å²) in [5.74, 6) is 0.847. The molecule has 0 saturated carbocycles. The van der Waals surface area contributed by atoms with Gasteiger partial charge in [0.15, 0.2) is 0 Å². The number of primary amides is 1. The van der Waals surface area contributed by atoms with Crippen molar-refractivity contribution in [3.05, 3.63) is 0 Å². The zero-order chi connectivity index (χ0) is 20.5. The first-order valence-electron chi connectivity index (χ1n) is 12.3. The predicted molar refractivity (Wildman–Crippen MR) is 121 cm³/mol. The lowest BCUT2D eigenvalue weighted by Crippen LogP contribution is -2.44. The van der Waals surface area contributed by atoms with Crippen molar-refractivity contribution < 1.29 is 4.79 Å². The minimum atomic E-state index is -0.0940. The van der Waals surface area contributed by atoms with E-state index in [2.05, 4.69) is 24.1 Å². The molecule has 1 aliphatic rings. The van der Waals surface area contributed by atoms with Gasteiger partial charge < -0.3 is 16.0 Å². The minimum absolute atomic E-state index is 0.0746. The largest absolute Gasteiger partial charge is 0.369 e. The van der Waals surface area contributed by atoms with E-state index in [0.29, 0.717) is 0 Å². The second kappa shape index (κ2) is 17.3. The fourth-order valence-corrected chi connectivity index (χ4v) is 4.24. The van der Waals surface area contributed by atoms with Gasteiger partial charge in [-0.05, 0) is 25.3 Å². The molecule has 1 rings (SSSR count). The number of piperazine rings is 1. The quantitative estimate of drug-likeness (QED) is 0.317.